The number of aromatic nitrogens is 1. The van der Waals surface area contributed by atoms with Crippen molar-refractivity contribution in [3.63, 3.8) is 0 Å². The highest BCUT2D eigenvalue weighted by atomic mass is 35.5. The lowest BCUT2D eigenvalue weighted by molar-refractivity contribution is -0.153. The van der Waals surface area contributed by atoms with E-state index in [0.717, 1.165) is 0 Å². The maximum Gasteiger partial charge on any atom is 0.422 e. The molecule has 1 N–H and O–H groups in total. The average Bonchev–Trinajstić information content (AvgIpc) is 2.46. The fourth-order valence-corrected chi connectivity index (χ4v) is 1.76. The van der Waals surface area contributed by atoms with E-state index < -0.39 is 18.7 Å². The zero-order chi connectivity index (χ0) is 16.2. The molecule has 1 aromatic heterocycles. The molecule has 0 saturated heterocycles. The number of carbonyl (C=O) groups excluding carboxylic acids is 1. The Labute approximate surface area is 128 Å². The summed E-state index contributed by atoms with van der Waals surface area (Å²) in [5.41, 5.74) is 0.357. The monoisotopic (exact) mass is 330 g/mol. The van der Waals surface area contributed by atoms with Crippen molar-refractivity contribution in [2.24, 2.45) is 0 Å². The smallest absolute Gasteiger partial charge is 0.422 e. The Balaban J connectivity index is 2.18. The molecule has 0 radical (unpaired) electrons. The van der Waals surface area contributed by atoms with Crippen molar-refractivity contribution >= 4 is 23.2 Å². The summed E-state index contributed by atoms with van der Waals surface area (Å²) < 4.78 is 41.4. The van der Waals surface area contributed by atoms with Gasteiger partial charge in [-0.3, -0.25) is 9.78 Å². The Hall–Kier alpha value is -2.28. The Kier molecular flexibility index (Phi) is 4.87. The Morgan fingerprint density at radius 1 is 1.23 bits per heavy atom. The first kappa shape index (κ1) is 16.1. The van der Waals surface area contributed by atoms with Gasteiger partial charge in [0.25, 0.3) is 5.91 Å². The fraction of sp³-hybridized carbons (Fsp3) is 0.143. The van der Waals surface area contributed by atoms with E-state index in [9.17, 15) is 18.0 Å². The van der Waals surface area contributed by atoms with Crippen molar-refractivity contribution in [1.29, 1.82) is 0 Å². The number of alkyl halides is 3. The number of halogens is 4. The third-order valence-electron chi connectivity index (χ3n) is 2.52. The van der Waals surface area contributed by atoms with Crippen LogP contribution in [-0.4, -0.2) is 23.7 Å². The number of anilines is 1. The lowest BCUT2D eigenvalue weighted by atomic mass is 10.2. The lowest BCUT2D eigenvalue weighted by Crippen LogP contribution is -2.20. The highest BCUT2D eigenvalue weighted by Crippen LogP contribution is 2.30. The Bertz CT molecular complexity index is 663. The first-order chi connectivity index (χ1) is 10.3. The summed E-state index contributed by atoms with van der Waals surface area (Å²) in [4.78, 5) is 15.8. The maximum atomic E-state index is 12.2. The lowest BCUT2D eigenvalue weighted by Gasteiger charge is -2.14. The minimum absolute atomic E-state index is 0.0542. The summed E-state index contributed by atoms with van der Waals surface area (Å²) in [6, 6.07) is 6.88. The van der Waals surface area contributed by atoms with E-state index in [0.29, 0.717) is 5.56 Å². The van der Waals surface area contributed by atoms with Crippen molar-refractivity contribution < 1.29 is 22.7 Å². The molecule has 1 amide bonds. The third kappa shape index (κ3) is 4.63. The van der Waals surface area contributed by atoms with Crippen LogP contribution in [0.1, 0.15) is 10.4 Å². The van der Waals surface area contributed by atoms with Crippen LogP contribution in [0.15, 0.2) is 42.7 Å². The highest BCUT2D eigenvalue weighted by Gasteiger charge is 2.29. The number of nitrogens with zero attached hydrogens (tertiary/aromatic N) is 1. The second kappa shape index (κ2) is 6.65. The quantitative estimate of drug-likeness (QED) is 0.924. The van der Waals surface area contributed by atoms with Gasteiger partial charge in [-0.25, -0.2) is 0 Å². The number of rotatable bonds is 4. The van der Waals surface area contributed by atoms with Crippen molar-refractivity contribution in [1.82, 2.24) is 4.98 Å². The topological polar surface area (TPSA) is 51.2 Å². The number of pyridine rings is 1. The largest absolute Gasteiger partial charge is 0.482 e. The molecule has 1 heterocycles. The number of benzene rings is 1. The van der Waals surface area contributed by atoms with E-state index in [4.69, 9.17) is 11.6 Å². The second-order valence-electron chi connectivity index (χ2n) is 4.23. The summed E-state index contributed by atoms with van der Waals surface area (Å²) in [7, 11) is 0. The Morgan fingerprint density at radius 3 is 2.55 bits per heavy atom. The average molecular weight is 331 g/mol. The van der Waals surface area contributed by atoms with Gasteiger partial charge in [0.2, 0.25) is 0 Å². The SMILES string of the molecule is O=C(Nc1cc(Cl)ccc1OCC(F)(F)F)c1ccncc1. The number of hydrogen-bond donors (Lipinski definition) is 1. The third-order valence-corrected chi connectivity index (χ3v) is 2.76. The predicted octanol–water partition coefficient (Wildman–Crippen LogP) is 3.93. The molecule has 116 valence electrons. The van der Waals surface area contributed by atoms with E-state index >= 15 is 0 Å². The van der Waals surface area contributed by atoms with Crippen LogP contribution in [-0.2, 0) is 0 Å². The minimum atomic E-state index is -4.48. The van der Waals surface area contributed by atoms with E-state index in [2.05, 4.69) is 15.0 Å². The van der Waals surface area contributed by atoms with Gasteiger partial charge in [0, 0.05) is 23.0 Å². The van der Waals surface area contributed by atoms with Gasteiger partial charge in [0.05, 0.1) is 5.69 Å². The standard InChI is InChI=1S/C14H10ClF3N2O2/c15-10-1-2-12(22-8-14(16,17)18)11(7-10)20-13(21)9-3-5-19-6-4-9/h1-7H,8H2,(H,20,21). The molecule has 0 unspecified atom stereocenters. The zero-order valence-corrected chi connectivity index (χ0v) is 11.8. The van der Waals surface area contributed by atoms with E-state index in [1.807, 2.05) is 0 Å². The molecular weight excluding hydrogens is 321 g/mol. The molecule has 0 aliphatic rings. The van der Waals surface area contributed by atoms with Crippen LogP contribution in [0.5, 0.6) is 5.75 Å². The Morgan fingerprint density at radius 2 is 1.91 bits per heavy atom. The van der Waals surface area contributed by atoms with Crippen LogP contribution < -0.4 is 10.1 Å². The van der Waals surface area contributed by atoms with Gasteiger partial charge in [0.1, 0.15) is 5.75 Å². The summed E-state index contributed by atoms with van der Waals surface area (Å²) in [5.74, 6) is -0.634. The predicted molar refractivity (Wildman–Crippen MR) is 75.2 cm³/mol. The first-order valence-corrected chi connectivity index (χ1v) is 6.43. The summed E-state index contributed by atoms with van der Waals surface area (Å²) in [6.07, 6.45) is -1.63. The zero-order valence-electron chi connectivity index (χ0n) is 11.0. The molecule has 0 bridgehead atoms. The number of hydrogen-bond acceptors (Lipinski definition) is 3. The van der Waals surface area contributed by atoms with Gasteiger partial charge in [0.15, 0.2) is 6.61 Å². The summed E-state index contributed by atoms with van der Waals surface area (Å²) >= 11 is 5.80. The molecule has 4 nitrogen and oxygen atoms in total. The number of nitrogens with one attached hydrogen (secondary N) is 1. The van der Waals surface area contributed by atoms with Crippen LogP contribution in [0.4, 0.5) is 18.9 Å². The van der Waals surface area contributed by atoms with Crippen LogP contribution in [0.25, 0.3) is 0 Å². The molecule has 2 aromatic rings. The molecular formula is C14H10ClF3N2O2. The first-order valence-electron chi connectivity index (χ1n) is 6.05. The molecule has 2 rings (SSSR count). The van der Waals surface area contributed by atoms with Gasteiger partial charge >= 0.3 is 6.18 Å². The van der Waals surface area contributed by atoms with Crippen molar-refractivity contribution in [3.05, 3.63) is 53.3 Å². The van der Waals surface area contributed by atoms with Gasteiger partial charge < -0.3 is 10.1 Å². The van der Waals surface area contributed by atoms with Crippen LogP contribution in [0.2, 0.25) is 5.02 Å². The molecule has 8 heteroatoms. The molecule has 0 saturated carbocycles. The second-order valence-corrected chi connectivity index (χ2v) is 4.67. The molecule has 0 fully saturated rings. The number of ether oxygens (including phenoxy) is 1. The van der Waals surface area contributed by atoms with Gasteiger partial charge in [-0.2, -0.15) is 13.2 Å². The molecule has 0 atom stereocenters. The van der Waals surface area contributed by atoms with Crippen LogP contribution in [0.3, 0.4) is 0 Å². The van der Waals surface area contributed by atoms with Crippen LogP contribution in [0, 0.1) is 0 Å². The number of amides is 1. The van der Waals surface area contributed by atoms with Crippen molar-refractivity contribution in [3.8, 4) is 5.75 Å². The summed E-state index contributed by atoms with van der Waals surface area (Å²) in [6.45, 7) is -1.47. The van der Waals surface area contributed by atoms with E-state index in [1.54, 1.807) is 0 Å². The normalized spacial score (nSPS) is 11.1. The van der Waals surface area contributed by atoms with E-state index in [-0.39, 0.29) is 16.5 Å². The molecule has 0 aliphatic heterocycles. The minimum Gasteiger partial charge on any atom is -0.482 e. The summed E-state index contributed by atoms with van der Waals surface area (Å²) in [5, 5.41) is 2.71. The van der Waals surface area contributed by atoms with Crippen LogP contribution >= 0.6 is 11.6 Å². The molecule has 22 heavy (non-hydrogen) atoms. The van der Waals surface area contributed by atoms with Crippen molar-refractivity contribution in [2.75, 3.05) is 11.9 Å². The van der Waals surface area contributed by atoms with E-state index in [1.165, 1.54) is 42.7 Å². The highest BCUT2D eigenvalue weighted by molar-refractivity contribution is 6.31. The fourth-order valence-electron chi connectivity index (χ4n) is 1.58. The molecule has 1 aromatic carbocycles. The van der Waals surface area contributed by atoms with Gasteiger partial charge in [-0.15, -0.1) is 0 Å². The maximum absolute atomic E-state index is 12.2. The molecule has 0 spiro atoms. The number of carbonyl (C=O) groups is 1. The van der Waals surface area contributed by atoms with Crippen molar-refractivity contribution in [2.45, 2.75) is 6.18 Å². The van der Waals surface area contributed by atoms with Gasteiger partial charge in [-0.1, -0.05) is 11.6 Å². The van der Waals surface area contributed by atoms with Gasteiger partial charge in [-0.05, 0) is 30.3 Å². The molecule has 0 aliphatic carbocycles.